The Hall–Kier alpha value is -2.38. The molecule has 7 heteroatoms. The molecule has 7 nitrogen and oxygen atoms in total. The van der Waals surface area contributed by atoms with Gasteiger partial charge in [-0.25, -0.2) is 0 Å². The van der Waals surface area contributed by atoms with Gasteiger partial charge in [0.05, 0.1) is 5.69 Å². The summed E-state index contributed by atoms with van der Waals surface area (Å²) in [6.07, 6.45) is 9.83. The maximum Gasteiger partial charge on any atom is 0.241 e. The number of nitrogen functional groups attached to an aromatic ring is 2. The molecule has 27 heavy (non-hydrogen) atoms. The minimum atomic E-state index is 0.185. The van der Waals surface area contributed by atoms with Crippen LogP contribution < -0.4 is 11.5 Å². The molecule has 1 aromatic carbocycles. The summed E-state index contributed by atoms with van der Waals surface area (Å²) < 4.78 is 1.55. The van der Waals surface area contributed by atoms with Gasteiger partial charge in [-0.05, 0) is 69.6 Å². The standard InChI is InChI=1S/C20H29N7/c21-19-23-20(22)27(24-19)18-7-5-16(6-8-18)4-3-11-25-14-9-17(10-15-25)26-12-1-2-13-26/h3-8,17H,1-2,9-15H2,(H4,21,22,23,24). The van der Waals surface area contributed by atoms with Gasteiger partial charge < -0.3 is 16.4 Å². The molecular weight excluding hydrogens is 338 g/mol. The van der Waals surface area contributed by atoms with Crippen LogP contribution in [0, 0.1) is 0 Å². The fourth-order valence-electron chi connectivity index (χ4n) is 4.17. The van der Waals surface area contributed by atoms with E-state index in [4.69, 9.17) is 11.5 Å². The molecule has 0 aliphatic carbocycles. The summed E-state index contributed by atoms with van der Waals surface area (Å²) >= 11 is 0. The highest BCUT2D eigenvalue weighted by atomic mass is 15.4. The number of rotatable bonds is 5. The van der Waals surface area contributed by atoms with E-state index in [0.717, 1.165) is 23.8 Å². The molecule has 0 bridgehead atoms. The summed E-state index contributed by atoms with van der Waals surface area (Å²) in [5, 5.41) is 4.10. The van der Waals surface area contributed by atoms with Crippen molar-refractivity contribution in [2.75, 3.05) is 44.2 Å². The van der Waals surface area contributed by atoms with Gasteiger partial charge in [0.15, 0.2) is 0 Å². The van der Waals surface area contributed by atoms with Crippen molar-refractivity contribution in [1.29, 1.82) is 0 Å². The average molecular weight is 368 g/mol. The van der Waals surface area contributed by atoms with E-state index in [2.05, 4.69) is 44.2 Å². The number of nitrogens with zero attached hydrogens (tertiary/aromatic N) is 5. The molecular formula is C20H29N7. The molecule has 2 fully saturated rings. The monoisotopic (exact) mass is 367 g/mol. The molecule has 4 N–H and O–H groups in total. The molecule has 0 radical (unpaired) electrons. The van der Waals surface area contributed by atoms with Crippen molar-refractivity contribution in [3.8, 4) is 5.69 Å². The highest BCUT2D eigenvalue weighted by Crippen LogP contribution is 2.21. The van der Waals surface area contributed by atoms with Crippen molar-refractivity contribution < 1.29 is 0 Å². The quantitative estimate of drug-likeness (QED) is 0.840. The fraction of sp³-hybridized carbons (Fsp3) is 0.500. The number of aromatic nitrogens is 3. The van der Waals surface area contributed by atoms with Gasteiger partial charge in [-0.3, -0.25) is 4.90 Å². The SMILES string of the molecule is Nc1nc(N)n(-c2ccc(C=CCN3CCC(N4CCCC4)CC3)cc2)n1. The molecule has 2 aliphatic heterocycles. The van der Waals surface area contributed by atoms with Gasteiger partial charge in [0, 0.05) is 12.6 Å². The second kappa shape index (κ2) is 8.10. The minimum absolute atomic E-state index is 0.185. The molecule has 0 atom stereocenters. The molecule has 2 aromatic rings. The normalized spacial score (nSPS) is 20.0. The summed E-state index contributed by atoms with van der Waals surface area (Å²) in [6, 6.07) is 8.89. The van der Waals surface area contributed by atoms with E-state index in [-0.39, 0.29) is 5.95 Å². The van der Waals surface area contributed by atoms with Gasteiger partial charge in [0.2, 0.25) is 11.9 Å². The lowest BCUT2D eigenvalue weighted by Crippen LogP contribution is -2.43. The first kappa shape index (κ1) is 18.0. The van der Waals surface area contributed by atoms with Gasteiger partial charge in [-0.2, -0.15) is 9.67 Å². The highest BCUT2D eigenvalue weighted by molar-refractivity contribution is 5.52. The number of hydrogen-bond acceptors (Lipinski definition) is 6. The van der Waals surface area contributed by atoms with Crippen molar-refractivity contribution in [3.63, 3.8) is 0 Å². The zero-order chi connectivity index (χ0) is 18.6. The van der Waals surface area contributed by atoms with E-state index in [1.54, 1.807) is 4.68 Å². The zero-order valence-electron chi connectivity index (χ0n) is 15.8. The molecule has 0 spiro atoms. The summed E-state index contributed by atoms with van der Waals surface area (Å²) in [6.45, 7) is 6.05. The van der Waals surface area contributed by atoms with Crippen molar-refractivity contribution in [2.45, 2.75) is 31.7 Å². The van der Waals surface area contributed by atoms with Crippen LogP contribution in [0.15, 0.2) is 30.3 Å². The van der Waals surface area contributed by atoms with Crippen LogP contribution in [0.25, 0.3) is 11.8 Å². The number of hydrogen-bond donors (Lipinski definition) is 2. The molecule has 2 aliphatic rings. The third kappa shape index (κ3) is 4.31. The maximum atomic E-state index is 5.81. The first-order valence-corrected chi connectivity index (χ1v) is 9.90. The zero-order valence-corrected chi connectivity index (χ0v) is 15.8. The second-order valence-electron chi connectivity index (χ2n) is 7.51. The lowest BCUT2D eigenvalue weighted by Gasteiger charge is -2.36. The van der Waals surface area contributed by atoms with Gasteiger partial charge in [-0.1, -0.05) is 24.3 Å². The number of benzene rings is 1. The van der Waals surface area contributed by atoms with Crippen LogP contribution >= 0.6 is 0 Å². The van der Waals surface area contributed by atoms with E-state index in [9.17, 15) is 0 Å². The number of likely N-dealkylation sites (tertiary alicyclic amines) is 2. The molecule has 0 amide bonds. The van der Waals surface area contributed by atoms with Gasteiger partial charge in [0.25, 0.3) is 0 Å². The van der Waals surface area contributed by atoms with Crippen LogP contribution in [-0.4, -0.2) is 63.3 Å². The molecule has 0 unspecified atom stereocenters. The Morgan fingerprint density at radius 1 is 1.00 bits per heavy atom. The van der Waals surface area contributed by atoms with E-state index in [1.165, 1.54) is 51.9 Å². The maximum absolute atomic E-state index is 5.81. The van der Waals surface area contributed by atoms with E-state index >= 15 is 0 Å². The summed E-state index contributed by atoms with van der Waals surface area (Å²) in [7, 11) is 0. The largest absolute Gasteiger partial charge is 0.368 e. The highest BCUT2D eigenvalue weighted by Gasteiger charge is 2.25. The van der Waals surface area contributed by atoms with Crippen molar-refractivity contribution >= 4 is 18.0 Å². The lowest BCUT2D eigenvalue weighted by molar-refractivity contribution is 0.135. The summed E-state index contributed by atoms with van der Waals surface area (Å²) in [5.74, 6) is 0.484. The Balaban J connectivity index is 1.27. The van der Waals surface area contributed by atoms with Crippen LogP contribution in [0.2, 0.25) is 0 Å². The van der Waals surface area contributed by atoms with E-state index in [0.29, 0.717) is 5.95 Å². The van der Waals surface area contributed by atoms with Crippen LogP contribution in [-0.2, 0) is 0 Å². The van der Waals surface area contributed by atoms with Crippen LogP contribution in [0.4, 0.5) is 11.9 Å². The minimum Gasteiger partial charge on any atom is -0.368 e. The molecule has 4 rings (SSSR count). The van der Waals surface area contributed by atoms with Gasteiger partial charge in [0.1, 0.15) is 0 Å². The van der Waals surface area contributed by atoms with Crippen molar-refractivity contribution in [1.82, 2.24) is 24.6 Å². The smallest absolute Gasteiger partial charge is 0.241 e. The first-order valence-electron chi connectivity index (χ1n) is 9.90. The lowest BCUT2D eigenvalue weighted by atomic mass is 10.0. The Morgan fingerprint density at radius 3 is 2.33 bits per heavy atom. The fourth-order valence-corrected chi connectivity index (χ4v) is 4.17. The van der Waals surface area contributed by atoms with Gasteiger partial charge in [-0.15, -0.1) is 5.10 Å². The van der Waals surface area contributed by atoms with Crippen LogP contribution in [0.5, 0.6) is 0 Å². The third-order valence-electron chi connectivity index (χ3n) is 5.67. The van der Waals surface area contributed by atoms with Crippen LogP contribution in [0.1, 0.15) is 31.2 Å². The topological polar surface area (TPSA) is 89.2 Å². The van der Waals surface area contributed by atoms with Crippen LogP contribution in [0.3, 0.4) is 0 Å². The van der Waals surface area contributed by atoms with E-state index in [1.807, 2.05) is 12.1 Å². The molecule has 0 saturated carbocycles. The molecule has 3 heterocycles. The van der Waals surface area contributed by atoms with Crippen molar-refractivity contribution in [3.05, 3.63) is 35.9 Å². The number of nitrogens with two attached hydrogens (primary N) is 2. The predicted molar refractivity (Wildman–Crippen MR) is 109 cm³/mol. The Morgan fingerprint density at radius 2 is 1.70 bits per heavy atom. The molecule has 1 aromatic heterocycles. The Kier molecular flexibility index (Phi) is 5.40. The summed E-state index contributed by atoms with van der Waals surface area (Å²) in [5.41, 5.74) is 13.4. The van der Waals surface area contributed by atoms with E-state index < -0.39 is 0 Å². The number of piperidine rings is 1. The van der Waals surface area contributed by atoms with Gasteiger partial charge >= 0.3 is 0 Å². The predicted octanol–water partition coefficient (Wildman–Crippen LogP) is 2.01. The summed E-state index contributed by atoms with van der Waals surface area (Å²) in [4.78, 5) is 9.18. The Bertz CT molecular complexity index is 766. The van der Waals surface area contributed by atoms with Crippen molar-refractivity contribution in [2.24, 2.45) is 0 Å². The molecule has 2 saturated heterocycles. The molecule has 144 valence electrons. The second-order valence-corrected chi connectivity index (χ2v) is 7.51. The third-order valence-corrected chi connectivity index (χ3v) is 5.67. The first-order chi connectivity index (χ1) is 13.2. The number of anilines is 2. The Labute approximate surface area is 160 Å². The average Bonchev–Trinajstić information content (AvgIpc) is 3.33.